The number of piperidine rings is 1. The molecule has 0 aliphatic carbocycles. The van der Waals surface area contributed by atoms with Crippen LogP contribution in [0.5, 0.6) is 0 Å². The molecule has 0 unspecified atom stereocenters. The fourth-order valence-electron chi connectivity index (χ4n) is 3.02. The molecule has 2 aliphatic heterocycles. The summed E-state index contributed by atoms with van der Waals surface area (Å²) in [4.78, 5) is 5.32. The van der Waals surface area contributed by atoms with Crippen LogP contribution in [0.15, 0.2) is 0 Å². The van der Waals surface area contributed by atoms with Crippen molar-refractivity contribution in [1.29, 1.82) is 0 Å². The van der Waals surface area contributed by atoms with Crippen molar-refractivity contribution in [3.63, 3.8) is 0 Å². The van der Waals surface area contributed by atoms with Crippen molar-refractivity contribution in [2.75, 3.05) is 52.4 Å². The Labute approximate surface area is 107 Å². The Morgan fingerprint density at radius 1 is 1.12 bits per heavy atom. The molecule has 0 aromatic heterocycles. The number of piperazine rings is 1. The highest BCUT2D eigenvalue weighted by atomic mass is 15.3. The lowest BCUT2D eigenvalue weighted by Gasteiger charge is -2.37. The van der Waals surface area contributed by atoms with Gasteiger partial charge in [-0.3, -0.25) is 0 Å². The number of nitrogens with zero attached hydrogens (tertiary/aromatic N) is 2. The molecule has 2 fully saturated rings. The van der Waals surface area contributed by atoms with Gasteiger partial charge in [0.25, 0.3) is 0 Å². The maximum Gasteiger partial charge on any atom is 0.0110 e. The monoisotopic (exact) mass is 239 g/mol. The maximum absolute atomic E-state index is 3.52. The molecule has 17 heavy (non-hydrogen) atoms. The molecule has 0 saturated carbocycles. The summed E-state index contributed by atoms with van der Waals surface area (Å²) in [6, 6.07) is 0. The number of nitrogens with one attached hydrogen (secondary N) is 1. The van der Waals surface area contributed by atoms with E-state index in [0.717, 1.165) is 5.92 Å². The molecule has 2 heterocycles. The van der Waals surface area contributed by atoms with E-state index in [1.54, 1.807) is 0 Å². The summed E-state index contributed by atoms with van der Waals surface area (Å²) in [6.45, 7) is 12.6. The summed E-state index contributed by atoms with van der Waals surface area (Å²) in [7, 11) is 0. The van der Waals surface area contributed by atoms with Gasteiger partial charge < -0.3 is 15.1 Å². The minimum atomic E-state index is 0.908. The van der Waals surface area contributed by atoms with Gasteiger partial charge in [0.15, 0.2) is 0 Å². The van der Waals surface area contributed by atoms with Gasteiger partial charge in [-0.05, 0) is 44.8 Å². The minimum absolute atomic E-state index is 0.908. The quantitative estimate of drug-likeness (QED) is 0.782. The van der Waals surface area contributed by atoms with Gasteiger partial charge >= 0.3 is 0 Å². The summed E-state index contributed by atoms with van der Waals surface area (Å²) in [6.07, 6.45) is 5.50. The topological polar surface area (TPSA) is 18.5 Å². The van der Waals surface area contributed by atoms with E-state index in [2.05, 4.69) is 22.0 Å². The first-order valence-corrected chi connectivity index (χ1v) is 7.54. The van der Waals surface area contributed by atoms with Crippen LogP contribution in [0, 0.1) is 5.92 Å². The SMILES string of the molecule is CCCCN1CCN(C[C@H]2CCCNC2)CC1. The van der Waals surface area contributed by atoms with Crippen molar-refractivity contribution in [1.82, 2.24) is 15.1 Å². The zero-order valence-electron chi connectivity index (χ0n) is 11.5. The first kappa shape index (κ1) is 13.3. The Balaban J connectivity index is 1.61. The largest absolute Gasteiger partial charge is 0.316 e. The van der Waals surface area contributed by atoms with E-state index in [1.165, 1.54) is 78.0 Å². The zero-order valence-corrected chi connectivity index (χ0v) is 11.5. The molecule has 2 saturated heterocycles. The number of unbranched alkanes of at least 4 members (excludes halogenated alkanes) is 1. The van der Waals surface area contributed by atoms with Gasteiger partial charge in [0.05, 0.1) is 0 Å². The summed E-state index contributed by atoms with van der Waals surface area (Å²) in [5, 5.41) is 3.52. The van der Waals surface area contributed by atoms with E-state index in [1.807, 2.05) is 0 Å². The number of hydrogen-bond acceptors (Lipinski definition) is 3. The van der Waals surface area contributed by atoms with Gasteiger partial charge in [-0.2, -0.15) is 0 Å². The predicted octanol–water partition coefficient (Wildman–Crippen LogP) is 1.40. The molecule has 2 rings (SSSR count). The molecular weight excluding hydrogens is 210 g/mol. The van der Waals surface area contributed by atoms with Crippen LogP contribution in [0.2, 0.25) is 0 Å². The second-order valence-electron chi connectivity index (χ2n) is 5.71. The van der Waals surface area contributed by atoms with E-state index in [0.29, 0.717) is 0 Å². The van der Waals surface area contributed by atoms with Crippen LogP contribution in [-0.2, 0) is 0 Å². The molecule has 3 heteroatoms. The molecule has 1 atom stereocenters. The smallest absolute Gasteiger partial charge is 0.0110 e. The summed E-state index contributed by atoms with van der Waals surface area (Å²) in [5.74, 6) is 0.908. The van der Waals surface area contributed by atoms with Crippen molar-refractivity contribution in [3.05, 3.63) is 0 Å². The van der Waals surface area contributed by atoms with Crippen molar-refractivity contribution >= 4 is 0 Å². The molecule has 0 aromatic rings. The van der Waals surface area contributed by atoms with Gasteiger partial charge in [-0.25, -0.2) is 0 Å². The van der Waals surface area contributed by atoms with Crippen molar-refractivity contribution < 1.29 is 0 Å². The highest BCUT2D eigenvalue weighted by Gasteiger charge is 2.20. The highest BCUT2D eigenvalue weighted by molar-refractivity contribution is 4.77. The molecule has 0 spiro atoms. The third-order valence-electron chi connectivity index (χ3n) is 4.21. The second-order valence-corrected chi connectivity index (χ2v) is 5.71. The lowest BCUT2D eigenvalue weighted by atomic mass is 9.99. The number of rotatable bonds is 5. The summed E-state index contributed by atoms with van der Waals surface area (Å²) < 4.78 is 0. The normalized spacial score (nSPS) is 28.4. The molecule has 1 N–H and O–H groups in total. The van der Waals surface area contributed by atoms with Crippen LogP contribution >= 0.6 is 0 Å². The van der Waals surface area contributed by atoms with Crippen LogP contribution in [-0.4, -0.2) is 62.2 Å². The maximum atomic E-state index is 3.52. The van der Waals surface area contributed by atoms with E-state index < -0.39 is 0 Å². The molecule has 0 radical (unpaired) electrons. The van der Waals surface area contributed by atoms with Crippen molar-refractivity contribution in [2.24, 2.45) is 5.92 Å². The first-order valence-electron chi connectivity index (χ1n) is 7.54. The highest BCUT2D eigenvalue weighted by Crippen LogP contribution is 2.13. The molecule has 0 amide bonds. The third-order valence-corrected chi connectivity index (χ3v) is 4.21. The van der Waals surface area contributed by atoms with E-state index in [4.69, 9.17) is 0 Å². The van der Waals surface area contributed by atoms with E-state index in [-0.39, 0.29) is 0 Å². The molecular formula is C14H29N3. The van der Waals surface area contributed by atoms with Gasteiger partial charge in [0, 0.05) is 32.7 Å². The fourth-order valence-corrected chi connectivity index (χ4v) is 3.02. The second kappa shape index (κ2) is 7.34. The fraction of sp³-hybridized carbons (Fsp3) is 1.00. The first-order chi connectivity index (χ1) is 8.38. The zero-order chi connectivity index (χ0) is 11.9. The third kappa shape index (κ3) is 4.57. The molecule has 0 aromatic carbocycles. The summed E-state index contributed by atoms with van der Waals surface area (Å²) in [5.41, 5.74) is 0. The lowest BCUT2D eigenvalue weighted by Crippen LogP contribution is -2.49. The van der Waals surface area contributed by atoms with Crippen molar-refractivity contribution in [2.45, 2.75) is 32.6 Å². The van der Waals surface area contributed by atoms with Gasteiger partial charge in [-0.15, -0.1) is 0 Å². The Morgan fingerprint density at radius 2 is 1.88 bits per heavy atom. The Bertz CT molecular complexity index is 194. The molecule has 100 valence electrons. The van der Waals surface area contributed by atoms with Crippen LogP contribution < -0.4 is 5.32 Å². The van der Waals surface area contributed by atoms with Gasteiger partial charge in [0.2, 0.25) is 0 Å². The Hall–Kier alpha value is -0.120. The Morgan fingerprint density at radius 3 is 2.53 bits per heavy atom. The predicted molar refractivity (Wildman–Crippen MR) is 73.4 cm³/mol. The lowest BCUT2D eigenvalue weighted by molar-refractivity contribution is 0.111. The van der Waals surface area contributed by atoms with Crippen LogP contribution in [0.25, 0.3) is 0 Å². The average Bonchev–Trinajstić information content (AvgIpc) is 2.39. The average molecular weight is 239 g/mol. The Kier molecular flexibility index (Phi) is 5.75. The molecule has 2 aliphatic rings. The molecule has 0 bridgehead atoms. The molecule has 3 nitrogen and oxygen atoms in total. The van der Waals surface area contributed by atoms with Crippen LogP contribution in [0.4, 0.5) is 0 Å². The van der Waals surface area contributed by atoms with E-state index >= 15 is 0 Å². The van der Waals surface area contributed by atoms with Gasteiger partial charge in [-0.1, -0.05) is 13.3 Å². The van der Waals surface area contributed by atoms with Crippen LogP contribution in [0.1, 0.15) is 32.6 Å². The minimum Gasteiger partial charge on any atom is -0.316 e. The van der Waals surface area contributed by atoms with Crippen molar-refractivity contribution in [3.8, 4) is 0 Å². The van der Waals surface area contributed by atoms with Crippen LogP contribution in [0.3, 0.4) is 0 Å². The number of hydrogen-bond donors (Lipinski definition) is 1. The van der Waals surface area contributed by atoms with E-state index in [9.17, 15) is 0 Å². The standard InChI is InChI=1S/C14H29N3/c1-2-3-7-16-8-10-17(11-9-16)13-14-5-4-6-15-12-14/h14-15H,2-13H2,1H3/t14-/m0/s1. The van der Waals surface area contributed by atoms with Gasteiger partial charge in [0.1, 0.15) is 0 Å². The summed E-state index contributed by atoms with van der Waals surface area (Å²) >= 11 is 0.